The number of nitrogens with one attached hydrogen (secondary N) is 1. The quantitative estimate of drug-likeness (QED) is 0.738. The number of benzene rings is 1. The Balaban J connectivity index is 2.69. The second-order valence-corrected chi connectivity index (χ2v) is 3.29. The van der Waals surface area contributed by atoms with Crippen molar-refractivity contribution in [2.24, 2.45) is 0 Å². The zero-order valence-electron chi connectivity index (χ0n) is 8.59. The molecular formula is C12H17N. The van der Waals surface area contributed by atoms with Gasteiger partial charge >= 0.3 is 0 Å². The van der Waals surface area contributed by atoms with Gasteiger partial charge in [-0.15, -0.1) is 0 Å². The highest BCUT2D eigenvalue weighted by molar-refractivity contribution is 5.49. The highest BCUT2D eigenvalue weighted by atomic mass is 14.9. The first-order chi connectivity index (χ1) is 6.22. The SMILES string of the molecule is CC/C=C(\C)Nc1cccc(C)c1. The number of aryl methyl sites for hydroxylation is 1. The molecule has 0 heterocycles. The van der Waals surface area contributed by atoms with Crippen molar-refractivity contribution < 1.29 is 0 Å². The minimum Gasteiger partial charge on any atom is -0.359 e. The van der Waals surface area contributed by atoms with Crippen molar-refractivity contribution in [2.45, 2.75) is 27.2 Å². The molecule has 0 unspecified atom stereocenters. The van der Waals surface area contributed by atoms with Crippen LogP contribution in [0.5, 0.6) is 0 Å². The third-order valence-corrected chi connectivity index (χ3v) is 1.87. The average molecular weight is 175 g/mol. The summed E-state index contributed by atoms with van der Waals surface area (Å²) in [7, 11) is 0. The van der Waals surface area contributed by atoms with Gasteiger partial charge in [-0.3, -0.25) is 0 Å². The molecule has 0 aliphatic rings. The monoisotopic (exact) mass is 175 g/mol. The Labute approximate surface area is 80.5 Å². The van der Waals surface area contributed by atoms with E-state index in [1.165, 1.54) is 16.9 Å². The van der Waals surface area contributed by atoms with Gasteiger partial charge in [-0.05, 0) is 38.0 Å². The van der Waals surface area contributed by atoms with Crippen molar-refractivity contribution in [2.75, 3.05) is 5.32 Å². The Morgan fingerprint density at radius 3 is 2.85 bits per heavy atom. The van der Waals surface area contributed by atoms with Crippen LogP contribution in [0.2, 0.25) is 0 Å². The number of hydrogen-bond acceptors (Lipinski definition) is 1. The van der Waals surface area contributed by atoms with Crippen LogP contribution in [0.25, 0.3) is 0 Å². The van der Waals surface area contributed by atoms with Crippen LogP contribution >= 0.6 is 0 Å². The molecule has 70 valence electrons. The van der Waals surface area contributed by atoms with Crippen LogP contribution in [-0.2, 0) is 0 Å². The van der Waals surface area contributed by atoms with Gasteiger partial charge in [0.2, 0.25) is 0 Å². The Bertz CT molecular complexity index is 300. The molecule has 1 rings (SSSR count). The number of hydrogen-bond donors (Lipinski definition) is 1. The minimum absolute atomic E-state index is 1.07. The van der Waals surface area contributed by atoms with Gasteiger partial charge in [-0.25, -0.2) is 0 Å². The molecule has 1 nitrogen and oxygen atoms in total. The Morgan fingerprint density at radius 1 is 1.46 bits per heavy atom. The largest absolute Gasteiger partial charge is 0.359 e. The van der Waals surface area contributed by atoms with Gasteiger partial charge in [0.05, 0.1) is 0 Å². The van der Waals surface area contributed by atoms with E-state index in [-0.39, 0.29) is 0 Å². The van der Waals surface area contributed by atoms with Crippen molar-refractivity contribution in [3.8, 4) is 0 Å². The Kier molecular flexibility index (Phi) is 3.56. The highest BCUT2D eigenvalue weighted by Crippen LogP contribution is 2.11. The van der Waals surface area contributed by atoms with Crippen molar-refractivity contribution in [3.63, 3.8) is 0 Å². The topological polar surface area (TPSA) is 12.0 Å². The maximum absolute atomic E-state index is 3.34. The van der Waals surface area contributed by atoms with Crippen LogP contribution in [0.1, 0.15) is 25.8 Å². The molecule has 0 spiro atoms. The second kappa shape index (κ2) is 4.70. The van der Waals surface area contributed by atoms with Crippen LogP contribution < -0.4 is 5.32 Å². The van der Waals surface area contributed by atoms with Gasteiger partial charge in [-0.1, -0.05) is 25.1 Å². The zero-order valence-corrected chi connectivity index (χ0v) is 8.59. The molecule has 0 atom stereocenters. The van der Waals surface area contributed by atoms with E-state index >= 15 is 0 Å². The maximum atomic E-state index is 3.34. The van der Waals surface area contributed by atoms with Crippen molar-refractivity contribution in [1.82, 2.24) is 0 Å². The fourth-order valence-electron chi connectivity index (χ4n) is 1.31. The fourth-order valence-corrected chi connectivity index (χ4v) is 1.31. The summed E-state index contributed by atoms with van der Waals surface area (Å²) in [6.45, 7) is 6.33. The van der Waals surface area contributed by atoms with Gasteiger partial charge in [0, 0.05) is 11.4 Å². The Morgan fingerprint density at radius 2 is 2.23 bits per heavy atom. The van der Waals surface area contributed by atoms with Gasteiger partial charge < -0.3 is 5.32 Å². The lowest BCUT2D eigenvalue weighted by Gasteiger charge is -2.06. The number of allylic oxidation sites excluding steroid dienone is 2. The molecular weight excluding hydrogens is 158 g/mol. The van der Waals surface area contributed by atoms with E-state index < -0.39 is 0 Å². The van der Waals surface area contributed by atoms with Gasteiger partial charge in [0.25, 0.3) is 0 Å². The predicted octanol–water partition coefficient (Wildman–Crippen LogP) is 3.72. The van der Waals surface area contributed by atoms with Crippen molar-refractivity contribution >= 4 is 5.69 Å². The molecule has 1 aromatic rings. The third-order valence-electron chi connectivity index (χ3n) is 1.87. The lowest BCUT2D eigenvalue weighted by Crippen LogP contribution is -1.95. The highest BCUT2D eigenvalue weighted by Gasteiger charge is 1.91. The molecule has 0 radical (unpaired) electrons. The minimum atomic E-state index is 1.07. The normalized spacial score (nSPS) is 11.5. The standard InChI is InChI=1S/C12H17N/c1-4-6-11(3)13-12-8-5-7-10(2)9-12/h5-9,13H,4H2,1-3H3/b11-6+. The van der Waals surface area contributed by atoms with E-state index in [2.05, 4.69) is 56.4 Å². The summed E-state index contributed by atoms with van der Waals surface area (Å²) in [5, 5.41) is 3.34. The summed E-state index contributed by atoms with van der Waals surface area (Å²) >= 11 is 0. The first-order valence-electron chi connectivity index (χ1n) is 4.73. The van der Waals surface area contributed by atoms with Gasteiger partial charge in [0.15, 0.2) is 0 Å². The molecule has 0 aliphatic heterocycles. The molecule has 13 heavy (non-hydrogen) atoms. The molecule has 0 bridgehead atoms. The molecule has 0 saturated heterocycles. The fraction of sp³-hybridized carbons (Fsp3) is 0.333. The smallest absolute Gasteiger partial charge is 0.0384 e. The van der Waals surface area contributed by atoms with E-state index in [9.17, 15) is 0 Å². The molecule has 1 heteroatoms. The summed E-state index contributed by atoms with van der Waals surface area (Å²) in [5.74, 6) is 0. The molecule has 0 fully saturated rings. The summed E-state index contributed by atoms with van der Waals surface area (Å²) < 4.78 is 0. The van der Waals surface area contributed by atoms with Crippen LogP contribution in [0.3, 0.4) is 0 Å². The van der Waals surface area contributed by atoms with Crippen LogP contribution in [0.15, 0.2) is 36.0 Å². The summed E-state index contributed by atoms with van der Waals surface area (Å²) in [5.41, 5.74) is 3.67. The first-order valence-corrected chi connectivity index (χ1v) is 4.73. The molecule has 0 amide bonds. The number of anilines is 1. The lowest BCUT2D eigenvalue weighted by molar-refractivity contribution is 1.18. The predicted molar refractivity (Wildman–Crippen MR) is 58.8 cm³/mol. The number of rotatable bonds is 3. The molecule has 0 aromatic heterocycles. The zero-order chi connectivity index (χ0) is 9.68. The third kappa shape index (κ3) is 3.32. The first kappa shape index (κ1) is 9.85. The summed E-state index contributed by atoms with van der Waals surface area (Å²) in [6.07, 6.45) is 3.26. The van der Waals surface area contributed by atoms with E-state index in [1.54, 1.807) is 0 Å². The maximum Gasteiger partial charge on any atom is 0.0384 e. The summed E-state index contributed by atoms with van der Waals surface area (Å²) in [6, 6.07) is 8.40. The molecule has 1 aromatic carbocycles. The van der Waals surface area contributed by atoms with E-state index in [4.69, 9.17) is 0 Å². The van der Waals surface area contributed by atoms with E-state index in [0.717, 1.165) is 6.42 Å². The average Bonchev–Trinajstić information content (AvgIpc) is 2.04. The second-order valence-electron chi connectivity index (χ2n) is 3.29. The van der Waals surface area contributed by atoms with Crippen LogP contribution in [0.4, 0.5) is 5.69 Å². The molecule has 0 aliphatic carbocycles. The van der Waals surface area contributed by atoms with Crippen LogP contribution in [0, 0.1) is 6.92 Å². The van der Waals surface area contributed by atoms with Gasteiger partial charge in [-0.2, -0.15) is 0 Å². The Hall–Kier alpha value is -1.24. The van der Waals surface area contributed by atoms with Gasteiger partial charge in [0.1, 0.15) is 0 Å². The van der Waals surface area contributed by atoms with E-state index in [0.29, 0.717) is 0 Å². The lowest BCUT2D eigenvalue weighted by atomic mass is 10.2. The molecule has 1 N–H and O–H groups in total. The van der Waals surface area contributed by atoms with Crippen molar-refractivity contribution in [3.05, 3.63) is 41.6 Å². The van der Waals surface area contributed by atoms with Crippen LogP contribution in [-0.4, -0.2) is 0 Å². The molecule has 0 saturated carbocycles. The van der Waals surface area contributed by atoms with E-state index in [1.807, 2.05) is 0 Å². The summed E-state index contributed by atoms with van der Waals surface area (Å²) in [4.78, 5) is 0. The van der Waals surface area contributed by atoms with Crippen molar-refractivity contribution in [1.29, 1.82) is 0 Å².